The van der Waals surface area contributed by atoms with E-state index in [1.54, 1.807) is 13.2 Å². The molecule has 1 aliphatic heterocycles. The molecular formula is C21H36N4O2. The molecule has 2 rings (SSSR count). The van der Waals surface area contributed by atoms with Crippen molar-refractivity contribution in [3.8, 4) is 11.5 Å². The molecule has 0 aliphatic carbocycles. The third kappa shape index (κ3) is 6.94. The molecule has 0 amide bonds. The Labute approximate surface area is 164 Å². The third-order valence-corrected chi connectivity index (χ3v) is 5.05. The van der Waals surface area contributed by atoms with Gasteiger partial charge in [-0.25, -0.2) is 0 Å². The van der Waals surface area contributed by atoms with Crippen molar-refractivity contribution in [3.05, 3.63) is 23.8 Å². The van der Waals surface area contributed by atoms with Crippen LogP contribution in [0.3, 0.4) is 0 Å². The molecule has 1 saturated heterocycles. The number of benzene rings is 1. The smallest absolute Gasteiger partial charge is 0.191 e. The third-order valence-electron chi connectivity index (χ3n) is 5.05. The minimum atomic E-state index is 0.215. The van der Waals surface area contributed by atoms with Crippen LogP contribution < -0.4 is 15.4 Å². The molecule has 1 aromatic rings. The Kier molecular flexibility index (Phi) is 9.25. The first kappa shape index (κ1) is 21.4. The summed E-state index contributed by atoms with van der Waals surface area (Å²) >= 11 is 0. The number of para-hydroxylation sites is 1. The maximum absolute atomic E-state index is 10.2. The predicted octanol–water partition coefficient (Wildman–Crippen LogP) is 2.76. The van der Waals surface area contributed by atoms with E-state index in [-0.39, 0.29) is 5.75 Å². The van der Waals surface area contributed by atoms with Gasteiger partial charge in [0.1, 0.15) is 0 Å². The molecule has 1 aliphatic rings. The lowest BCUT2D eigenvalue weighted by molar-refractivity contribution is 0.203. The van der Waals surface area contributed by atoms with E-state index < -0.39 is 0 Å². The van der Waals surface area contributed by atoms with E-state index in [9.17, 15) is 5.11 Å². The summed E-state index contributed by atoms with van der Waals surface area (Å²) < 4.78 is 5.17. The Balaban J connectivity index is 1.84. The number of guanidine groups is 1. The fraction of sp³-hybridized carbons (Fsp3) is 0.667. The second-order valence-corrected chi connectivity index (χ2v) is 7.09. The molecule has 1 fully saturated rings. The van der Waals surface area contributed by atoms with Crippen LogP contribution in [-0.4, -0.2) is 61.8 Å². The molecule has 1 aromatic carbocycles. The van der Waals surface area contributed by atoms with Crippen LogP contribution in [0.1, 0.15) is 45.1 Å². The minimum absolute atomic E-state index is 0.215. The van der Waals surface area contributed by atoms with Crippen molar-refractivity contribution in [2.45, 2.75) is 52.0 Å². The summed E-state index contributed by atoms with van der Waals surface area (Å²) in [6, 6.07) is 6.05. The first-order valence-corrected chi connectivity index (χ1v) is 10.3. The molecule has 6 heteroatoms. The number of likely N-dealkylation sites (tertiary alicyclic amines) is 1. The van der Waals surface area contributed by atoms with Gasteiger partial charge in [0.25, 0.3) is 0 Å². The number of hydrogen-bond acceptors (Lipinski definition) is 4. The van der Waals surface area contributed by atoms with Gasteiger partial charge in [-0.1, -0.05) is 25.5 Å². The van der Waals surface area contributed by atoms with E-state index in [1.165, 1.54) is 19.4 Å². The van der Waals surface area contributed by atoms with Crippen molar-refractivity contribution in [3.63, 3.8) is 0 Å². The van der Waals surface area contributed by atoms with Crippen molar-refractivity contribution in [2.75, 3.05) is 39.8 Å². The number of nitrogens with zero attached hydrogens (tertiary/aromatic N) is 2. The molecule has 1 heterocycles. The fourth-order valence-corrected chi connectivity index (χ4v) is 3.42. The average Bonchev–Trinajstić information content (AvgIpc) is 2.69. The monoisotopic (exact) mass is 376 g/mol. The minimum Gasteiger partial charge on any atom is -0.504 e. The van der Waals surface area contributed by atoms with Gasteiger partial charge in [0.2, 0.25) is 0 Å². The second-order valence-electron chi connectivity index (χ2n) is 7.09. The second kappa shape index (κ2) is 11.7. The molecule has 0 radical (unpaired) electrons. The number of hydrogen-bond donors (Lipinski definition) is 3. The zero-order chi connectivity index (χ0) is 19.5. The van der Waals surface area contributed by atoms with Gasteiger partial charge in [-0.15, -0.1) is 0 Å². The van der Waals surface area contributed by atoms with E-state index in [4.69, 9.17) is 9.73 Å². The summed E-state index contributed by atoms with van der Waals surface area (Å²) in [7, 11) is 1.57. The van der Waals surface area contributed by atoms with Crippen molar-refractivity contribution < 1.29 is 9.84 Å². The van der Waals surface area contributed by atoms with Gasteiger partial charge in [-0.05, 0) is 50.8 Å². The number of aromatic hydroxyl groups is 1. The molecule has 0 spiro atoms. The van der Waals surface area contributed by atoms with Crippen LogP contribution in [0.2, 0.25) is 0 Å². The standard InChI is InChI=1S/C21H36N4O2/c1-4-6-14-25-15-11-18(12-16-25)24-21(22-5-2)23-13-10-17-8-7-9-19(27-3)20(17)26/h7-9,18,26H,4-6,10-16H2,1-3H3,(H2,22,23,24). The number of aliphatic imine (C=N–C) groups is 1. The topological polar surface area (TPSA) is 69.1 Å². The van der Waals surface area contributed by atoms with E-state index in [2.05, 4.69) is 29.4 Å². The summed E-state index contributed by atoms with van der Waals surface area (Å²) in [5.74, 6) is 1.59. The normalized spacial score (nSPS) is 16.3. The van der Waals surface area contributed by atoms with E-state index in [0.717, 1.165) is 44.0 Å². The Hall–Kier alpha value is -1.95. The summed E-state index contributed by atoms with van der Waals surface area (Å²) in [4.78, 5) is 7.26. The SMILES string of the molecule is CCCCN1CCC(NC(=NCCc2cccc(OC)c2O)NCC)CC1. The van der Waals surface area contributed by atoms with Crippen LogP contribution in [0.4, 0.5) is 0 Å². The molecule has 0 unspecified atom stereocenters. The lowest BCUT2D eigenvalue weighted by Gasteiger charge is -2.33. The molecular weight excluding hydrogens is 340 g/mol. The quantitative estimate of drug-likeness (QED) is 0.457. The maximum atomic E-state index is 10.2. The van der Waals surface area contributed by atoms with Crippen molar-refractivity contribution in [1.82, 2.24) is 15.5 Å². The van der Waals surface area contributed by atoms with Crippen molar-refractivity contribution in [2.24, 2.45) is 4.99 Å². The molecule has 3 N–H and O–H groups in total. The summed E-state index contributed by atoms with van der Waals surface area (Å²) in [6.07, 6.45) is 5.54. The molecule has 0 atom stereocenters. The number of ether oxygens (including phenoxy) is 1. The molecule has 27 heavy (non-hydrogen) atoms. The number of phenolic OH excluding ortho intramolecular Hbond substituents is 1. The largest absolute Gasteiger partial charge is 0.504 e. The summed E-state index contributed by atoms with van der Waals surface area (Å²) in [5, 5.41) is 17.1. The van der Waals surface area contributed by atoms with Gasteiger partial charge in [0.05, 0.1) is 7.11 Å². The Morgan fingerprint density at radius 2 is 2.07 bits per heavy atom. The van der Waals surface area contributed by atoms with Crippen molar-refractivity contribution in [1.29, 1.82) is 0 Å². The molecule has 0 bridgehead atoms. The molecule has 152 valence electrons. The first-order valence-electron chi connectivity index (χ1n) is 10.3. The highest BCUT2D eigenvalue weighted by molar-refractivity contribution is 5.80. The maximum Gasteiger partial charge on any atom is 0.191 e. The number of rotatable bonds is 9. The van der Waals surface area contributed by atoms with Gasteiger partial charge in [0.15, 0.2) is 17.5 Å². The van der Waals surface area contributed by atoms with Crippen LogP contribution in [-0.2, 0) is 6.42 Å². The molecule has 6 nitrogen and oxygen atoms in total. The lowest BCUT2D eigenvalue weighted by Crippen LogP contribution is -2.48. The van der Waals surface area contributed by atoms with Gasteiger partial charge in [-0.3, -0.25) is 4.99 Å². The highest BCUT2D eigenvalue weighted by Crippen LogP contribution is 2.29. The van der Waals surface area contributed by atoms with Gasteiger partial charge in [-0.2, -0.15) is 0 Å². The Bertz CT molecular complexity index is 584. The number of unbranched alkanes of at least 4 members (excludes halogenated alkanes) is 1. The van der Waals surface area contributed by atoms with Gasteiger partial charge < -0.3 is 25.4 Å². The first-order chi connectivity index (χ1) is 13.2. The predicted molar refractivity (Wildman–Crippen MR) is 112 cm³/mol. The number of piperidine rings is 1. The lowest BCUT2D eigenvalue weighted by atomic mass is 10.0. The van der Waals surface area contributed by atoms with Crippen LogP contribution in [0.5, 0.6) is 11.5 Å². The zero-order valence-corrected chi connectivity index (χ0v) is 17.1. The zero-order valence-electron chi connectivity index (χ0n) is 17.1. The Morgan fingerprint density at radius 3 is 2.74 bits per heavy atom. The van der Waals surface area contributed by atoms with Crippen LogP contribution >= 0.6 is 0 Å². The Morgan fingerprint density at radius 1 is 1.30 bits per heavy atom. The molecule has 0 saturated carbocycles. The fourth-order valence-electron chi connectivity index (χ4n) is 3.42. The van der Waals surface area contributed by atoms with E-state index >= 15 is 0 Å². The van der Waals surface area contributed by atoms with Crippen LogP contribution in [0.15, 0.2) is 23.2 Å². The van der Waals surface area contributed by atoms with Crippen molar-refractivity contribution >= 4 is 5.96 Å². The highest BCUT2D eigenvalue weighted by Gasteiger charge is 2.19. The van der Waals surface area contributed by atoms with E-state index in [0.29, 0.717) is 24.8 Å². The number of nitrogens with one attached hydrogen (secondary N) is 2. The number of phenols is 1. The highest BCUT2D eigenvalue weighted by atomic mass is 16.5. The summed E-state index contributed by atoms with van der Waals surface area (Å²) in [5.41, 5.74) is 0.859. The van der Waals surface area contributed by atoms with E-state index in [1.807, 2.05) is 12.1 Å². The van der Waals surface area contributed by atoms with Crippen LogP contribution in [0.25, 0.3) is 0 Å². The van der Waals surface area contributed by atoms with Crippen LogP contribution in [0, 0.1) is 0 Å². The van der Waals surface area contributed by atoms with Gasteiger partial charge >= 0.3 is 0 Å². The van der Waals surface area contributed by atoms with Gasteiger partial charge in [0, 0.05) is 32.2 Å². The number of methoxy groups -OCH3 is 1. The average molecular weight is 377 g/mol. The molecule has 0 aromatic heterocycles. The summed E-state index contributed by atoms with van der Waals surface area (Å²) in [6.45, 7) is 9.33.